The maximum atomic E-state index is 14.1. The molecule has 0 bridgehead atoms. The fraction of sp³-hybridized carbons (Fsp3) is 0.324. The predicted octanol–water partition coefficient (Wildman–Crippen LogP) is 6.67. The van der Waals surface area contributed by atoms with Gasteiger partial charge in [-0.25, -0.2) is 14.8 Å². The zero-order valence-corrected chi connectivity index (χ0v) is 28.0. The highest BCUT2D eigenvalue weighted by Gasteiger charge is 2.45. The van der Waals surface area contributed by atoms with Crippen molar-refractivity contribution >= 4 is 57.7 Å². The van der Waals surface area contributed by atoms with E-state index >= 15 is 0 Å². The topological polar surface area (TPSA) is 113 Å². The first-order valence-electron chi connectivity index (χ1n) is 16.2. The monoisotopic (exact) mass is 663 g/mol. The number of anilines is 3. The molecule has 4 aromatic rings. The fourth-order valence-electron chi connectivity index (χ4n) is 6.70. The van der Waals surface area contributed by atoms with Crippen molar-refractivity contribution in [1.29, 1.82) is 0 Å². The number of aryl methyl sites for hydroxylation is 1. The number of esters is 1. The molecule has 0 unspecified atom stereocenters. The van der Waals surface area contributed by atoms with Gasteiger partial charge in [-0.3, -0.25) is 14.5 Å². The summed E-state index contributed by atoms with van der Waals surface area (Å²) < 4.78 is 10.7. The van der Waals surface area contributed by atoms with Gasteiger partial charge in [-0.15, -0.1) is 11.3 Å². The minimum Gasteiger partial charge on any atom is -0.462 e. The zero-order valence-electron chi connectivity index (χ0n) is 27.2. The summed E-state index contributed by atoms with van der Waals surface area (Å²) in [5, 5.41) is 3.01. The number of carbonyl (C=O) groups excluding carboxylic acids is 3. The molecule has 0 radical (unpaired) electrons. The van der Waals surface area contributed by atoms with Crippen LogP contribution in [0.2, 0.25) is 0 Å². The van der Waals surface area contributed by atoms with Gasteiger partial charge in [-0.2, -0.15) is 0 Å². The third-order valence-corrected chi connectivity index (χ3v) is 10.4. The quantitative estimate of drug-likeness (QED) is 0.220. The van der Waals surface area contributed by atoms with Crippen molar-refractivity contribution < 1.29 is 23.9 Å². The molecule has 3 aliphatic rings. The van der Waals surface area contributed by atoms with Crippen LogP contribution < -0.4 is 15.1 Å². The minimum absolute atomic E-state index is 0.201. The number of aliphatic imine (C=N–C) groups is 1. The number of carbonyl (C=O) groups is 3. The fourth-order valence-corrected chi connectivity index (χ4v) is 7.67. The molecule has 48 heavy (non-hydrogen) atoms. The first kappa shape index (κ1) is 31.7. The van der Waals surface area contributed by atoms with Gasteiger partial charge in [-0.1, -0.05) is 12.1 Å². The van der Waals surface area contributed by atoms with Gasteiger partial charge in [0, 0.05) is 49.2 Å². The van der Waals surface area contributed by atoms with Gasteiger partial charge >= 0.3 is 5.97 Å². The Kier molecular flexibility index (Phi) is 8.57. The molecule has 2 fully saturated rings. The normalized spacial score (nSPS) is 18.1. The summed E-state index contributed by atoms with van der Waals surface area (Å²) in [6.45, 7) is 9.23. The van der Waals surface area contributed by atoms with E-state index in [1.807, 2.05) is 50.2 Å². The highest BCUT2D eigenvalue weighted by molar-refractivity contribution is 7.16. The van der Waals surface area contributed by atoms with Crippen LogP contribution in [-0.2, 0) is 9.47 Å². The van der Waals surface area contributed by atoms with Crippen LogP contribution in [0, 0.1) is 12.3 Å². The lowest BCUT2D eigenvalue weighted by Gasteiger charge is -2.53. The first-order valence-corrected chi connectivity index (χ1v) is 17.1. The van der Waals surface area contributed by atoms with Crippen LogP contribution in [0.1, 0.15) is 67.5 Å². The SMILES string of the molecule is CCOC(=O)c1ccc(C2=Nc3ccccc3N(C(=O)c3ccc(NC(=O)c4cc(C)cnc4N4CC5(CCOCC5)C4)cc3)[C@H]2C)s1. The lowest BCUT2D eigenvalue weighted by molar-refractivity contribution is -0.000512. The lowest BCUT2D eigenvalue weighted by Crippen LogP contribution is -2.59. The molecule has 3 aliphatic heterocycles. The second-order valence-corrected chi connectivity index (χ2v) is 13.7. The van der Waals surface area contributed by atoms with Crippen LogP contribution in [-0.4, -0.2) is 67.4 Å². The molecular weight excluding hydrogens is 627 g/mol. The number of nitrogens with zero attached hydrogens (tertiary/aromatic N) is 4. The number of benzene rings is 2. The number of hydrogen-bond donors (Lipinski definition) is 1. The van der Waals surface area contributed by atoms with Crippen molar-refractivity contribution in [3.05, 3.63) is 99.4 Å². The highest BCUT2D eigenvalue weighted by Crippen LogP contribution is 2.43. The molecule has 10 nitrogen and oxygen atoms in total. The van der Waals surface area contributed by atoms with Crippen LogP contribution in [0.25, 0.3) is 0 Å². The Balaban J connectivity index is 1.09. The van der Waals surface area contributed by atoms with E-state index in [-0.39, 0.29) is 23.2 Å². The van der Waals surface area contributed by atoms with Crippen molar-refractivity contribution in [1.82, 2.24) is 4.98 Å². The third kappa shape index (κ3) is 5.99. The number of hydrogen-bond acceptors (Lipinski definition) is 9. The number of para-hydroxylation sites is 2. The number of fused-ring (bicyclic) bond motifs is 1. The molecule has 246 valence electrons. The number of aromatic nitrogens is 1. The Bertz CT molecular complexity index is 1910. The largest absolute Gasteiger partial charge is 0.462 e. The molecule has 0 aliphatic carbocycles. The summed E-state index contributed by atoms with van der Waals surface area (Å²) in [5.74, 6) is -0.132. The smallest absolute Gasteiger partial charge is 0.348 e. The van der Waals surface area contributed by atoms with Gasteiger partial charge in [0.05, 0.1) is 40.2 Å². The number of rotatable bonds is 7. The summed E-state index contributed by atoms with van der Waals surface area (Å²) in [7, 11) is 0. The summed E-state index contributed by atoms with van der Waals surface area (Å²) in [6.07, 6.45) is 3.86. The van der Waals surface area contributed by atoms with Crippen LogP contribution in [0.5, 0.6) is 0 Å². The molecule has 2 aromatic heterocycles. The van der Waals surface area contributed by atoms with Gasteiger partial charge in [0.2, 0.25) is 0 Å². The molecular formula is C37H37N5O5S. The van der Waals surface area contributed by atoms with Crippen LogP contribution in [0.4, 0.5) is 22.9 Å². The summed E-state index contributed by atoms with van der Waals surface area (Å²) >= 11 is 1.30. The van der Waals surface area contributed by atoms with Crippen molar-refractivity contribution in [2.45, 2.75) is 39.7 Å². The van der Waals surface area contributed by atoms with E-state index in [4.69, 9.17) is 14.5 Å². The average molecular weight is 664 g/mol. The Hall–Kier alpha value is -4.87. The standard InChI is InChI=1S/C37H37N5O5S/c1-4-47-36(45)31-14-13-30(48-31)32-24(3)42(29-8-6-5-7-28(29)40-32)35(44)25-9-11-26(12-10-25)39-34(43)27-19-23(2)20-38-33(27)41-21-37(22-41)15-17-46-18-16-37/h5-14,19-20,24H,4,15-18,21-22H2,1-3H3,(H,39,43)/t24-/m0/s1. The predicted molar refractivity (Wildman–Crippen MR) is 187 cm³/mol. The van der Waals surface area contributed by atoms with E-state index in [1.54, 1.807) is 48.4 Å². The lowest BCUT2D eigenvalue weighted by atomic mass is 9.73. The van der Waals surface area contributed by atoms with E-state index in [0.29, 0.717) is 51.2 Å². The molecule has 2 amide bonds. The molecule has 0 saturated carbocycles. The number of pyridine rings is 1. The number of ether oxygens (including phenoxy) is 2. The second-order valence-electron chi connectivity index (χ2n) is 12.6. The van der Waals surface area contributed by atoms with Crippen LogP contribution >= 0.6 is 11.3 Å². The number of amides is 2. The molecule has 5 heterocycles. The van der Waals surface area contributed by atoms with E-state index in [0.717, 1.165) is 49.6 Å². The van der Waals surface area contributed by atoms with Crippen molar-refractivity contribution in [3.8, 4) is 0 Å². The first-order chi connectivity index (χ1) is 23.2. The molecule has 7 rings (SSSR count). The maximum Gasteiger partial charge on any atom is 0.348 e. The van der Waals surface area contributed by atoms with Gasteiger partial charge in [0.1, 0.15) is 10.7 Å². The van der Waals surface area contributed by atoms with Gasteiger partial charge in [0.15, 0.2) is 0 Å². The molecule has 2 saturated heterocycles. The molecule has 2 aromatic carbocycles. The third-order valence-electron chi connectivity index (χ3n) is 9.26. The summed E-state index contributed by atoms with van der Waals surface area (Å²) in [6, 6.07) is 19.5. The van der Waals surface area contributed by atoms with Gasteiger partial charge < -0.3 is 19.7 Å². The average Bonchev–Trinajstić information content (AvgIpc) is 3.58. The Morgan fingerprint density at radius 3 is 2.54 bits per heavy atom. The Labute approximate surface area is 283 Å². The van der Waals surface area contributed by atoms with E-state index in [2.05, 4.69) is 15.2 Å². The molecule has 11 heteroatoms. The van der Waals surface area contributed by atoms with Crippen LogP contribution in [0.15, 0.2) is 77.9 Å². The Morgan fingerprint density at radius 2 is 1.79 bits per heavy atom. The van der Waals surface area contributed by atoms with E-state index in [1.165, 1.54) is 11.3 Å². The molecule has 1 atom stereocenters. The minimum atomic E-state index is -0.408. The summed E-state index contributed by atoms with van der Waals surface area (Å²) in [4.78, 5) is 54.8. The van der Waals surface area contributed by atoms with Crippen molar-refractivity contribution in [2.75, 3.05) is 48.0 Å². The molecule has 1 N–H and O–H groups in total. The Morgan fingerprint density at radius 1 is 1.04 bits per heavy atom. The van der Waals surface area contributed by atoms with Crippen molar-refractivity contribution in [3.63, 3.8) is 0 Å². The van der Waals surface area contributed by atoms with Gasteiger partial charge in [0.25, 0.3) is 11.8 Å². The van der Waals surface area contributed by atoms with Crippen LogP contribution in [0.3, 0.4) is 0 Å². The number of thiophene rings is 1. The maximum absolute atomic E-state index is 14.1. The second kappa shape index (κ2) is 13.0. The molecule has 1 spiro atoms. The van der Waals surface area contributed by atoms with E-state index in [9.17, 15) is 14.4 Å². The summed E-state index contributed by atoms with van der Waals surface area (Å²) in [5.41, 5.74) is 4.79. The van der Waals surface area contributed by atoms with E-state index < -0.39 is 6.04 Å². The number of nitrogens with one attached hydrogen (secondary N) is 1. The zero-order chi connectivity index (χ0) is 33.4. The van der Waals surface area contributed by atoms with Crippen molar-refractivity contribution in [2.24, 2.45) is 10.4 Å². The van der Waals surface area contributed by atoms with Gasteiger partial charge in [-0.05, 0) is 93.8 Å². The highest BCUT2D eigenvalue weighted by atomic mass is 32.1.